The number of nitrogens with zero attached hydrogens (tertiary/aromatic N) is 2. The van der Waals surface area contributed by atoms with Gasteiger partial charge < -0.3 is 15.8 Å². The second kappa shape index (κ2) is 6.17. The van der Waals surface area contributed by atoms with Crippen LogP contribution in [-0.2, 0) is 0 Å². The lowest BCUT2D eigenvalue weighted by atomic mass is 10.1. The summed E-state index contributed by atoms with van der Waals surface area (Å²) >= 11 is 0. The Bertz CT molecular complexity index is 501. The molecule has 0 heterocycles. The molecule has 5 nitrogen and oxygen atoms in total. The predicted octanol–water partition coefficient (Wildman–Crippen LogP) is 1.73. The first-order valence-electron chi connectivity index (χ1n) is 5.90. The summed E-state index contributed by atoms with van der Waals surface area (Å²) in [5.74, 6) is -0.892. The molecule has 0 radical (unpaired) electrons. The average Bonchev–Trinajstić information content (AvgIpc) is 2.37. The van der Waals surface area contributed by atoms with Crippen LogP contribution in [-0.4, -0.2) is 34.4 Å². The Kier molecular flexibility index (Phi) is 4.86. The van der Waals surface area contributed by atoms with Gasteiger partial charge in [-0.15, -0.1) is 0 Å². The molecular weight excluding hydrogens is 249 g/mol. The quantitative estimate of drug-likeness (QED) is 0.377. The molecule has 6 heteroatoms. The van der Waals surface area contributed by atoms with Crippen molar-refractivity contribution in [2.24, 2.45) is 10.9 Å². The van der Waals surface area contributed by atoms with E-state index in [0.29, 0.717) is 5.56 Å². The number of oxime groups is 1. The van der Waals surface area contributed by atoms with Gasteiger partial charge in [0.1, 0.15) is 5.82 Å². The van der Waals surface area contributed by atoms with Gasteiger partial charge in [0.2, 0.25) is 0 Å². The molecule has 0 saturated carbocycles. The molecule has 19 heavy (non-hydrogen) atoms. The first kappa shape index (κ1) is 14.9. The summed E-state index contributed by atoms with van der Waals surface area (Å²) in [7, 11) is 0. The number of hydrogen-bond donors (Lipinski definition) is 2. The summed E-state index contributed by atoms with van der Waals surface area (Å²) in [5, 5.41) is 11.4. The lowest BCUT2D eigenvalue weighted by molar-refractivity contribution is 0.0733. The van der Waals surface area contributed by atoms with E-state index in [1.807, 2.05) is 0 Å². The number of carbonyl (C=O) groups is 1. The van der Waals surface area contributed by atoms with Gasteiger partial charge in [-0.25, -0.2) is 4.39 Å². The Morgan fingerprint density at radius 2 is 2.16 bits per heavy atom. The second-order valence-corrected chi connectivity index (χ2v) is 4.58. The highest BCUT2D eigenvalue weighted by molar-refractivity contribution is 5.98. The van der Waals surface area contributed by atoms with Crippen LogP contribution in [0, 0.1) is 12.7 Å². The number of hydrogen-bond acceptors (Lipinski definition) is 3. The molecule has 0 unspecified atom stereocenters. The number of nitrogens with two attached hydrogens (primary N) is 1. The Labute approximate surface area is 111 Å². The Balaban J connectivity index is 3.09. The normalized spacial score (nSPS) is 11.7. The first-order chi connectivity index (χ1) is 8.86. The minimum absolute atomic E-state index is 0.0110. The van der Waals surface area contributed by atoms with E-state index < -0.39 is 5.82 Å². The van der Waals surface area contributed by atoms with E-state index in [1.165, 1.54) is 17.0 Å². The van der Waals surface area contributed by atoms with Crippen molar-refractivity contribution in [3.63, 3.8) is 0 Å². The molecule has 1 rings (SSSR count). The maximum Gasteiger partial charge on any atom is 0.254 e. The largest absolute Gasteiger partial charge is 0.409 e. The zero-order chi connectivity index (χ0) is 14.6. The number of benzene rings is 1. The smallest absolute Gasteiger partial charge is 0.254 e. The molecule has 0 aliphatic rings. The highest BCUT2D eigenvalue weighted by atomic mass is 19.1. The van der Waals surface area contributed by atoms with E-state index in [1.54, 1.807) is 26.8 Å². The van der Waals surface area contributed by atoms with Gasteiger partial charge in [-0.1, -0.05) is 11.2 Å². The van der Waals surface area contributed by atoms with Crippen molar-refractivity contribution in [1.82, 2.24) is 4.90 Å². The van der Waals surface area contributed by atoms with E-state index in [4.69, 9.17) is 10.9 Å². The van der Waals surface area contributed by atoms with Crippen LogP contribution in [0.3, 0.4) is 0 Å². The molecule has 0 fully saturated rings. The van der Waals surface area contributed by atoms with Crippen LogP contribution in [0.15, 0.2) is 23.4 Å². The highest BCUT2D eigenvalue weighted by Gasteiger charge is 2.21. The summed E-state index contributed by atoms with van der Waals surface area (Å²) in [6.07, 6.45) is 0. The van der Waals surface area contributed by atoms with Crippen LogP contribution in [0.1, 0.15) is 29.8 Å². The third-order valence-corrected chi connectivity index (χ3v) is 2.78. The van der Waals surface area contributed by atoms with E-state index in [2.05, 4.69) is 5.16 Å². The molecule has 0 aromatic heterocycles. The molecule has 0 aliphatic carbocycles. The fourth-order valence-corrected chi connectivity index (χ4v) is 1.67. The molecular formula is C13H18FN3O2. The van der Waals surface area contributed by atoms with E-state index in [9.17, 15) is 9.18 Å². The van der Waals surface area contributed by atoms with Crippen LogP contribution >= 0.6 is 0 Å². The lowest BCUT2D eigenvalue weighted by Gasteiger charge is -2.26. The molecule has 1 aromatic carbocycles. The van der Waals surface area contributed by atoms with Gasteiger partial charge in [0.25, 0.3) is 5.91 Å². The van der Waals surface area contributed by atoms with Crippen LogP contribution < -0.4 is 5.73 Å². The molecule has 104 valence electrons. The van der Waals surface area contributed by atoms with Gasteiger partial charge in [0.05, 0.1) is 6.54 Å². The van der Waals surface area contributed by atoms with Crippen molar-refractivity contribution in [3.8, 4) is 0 Å². The fourth-order valence-electron chi connectivity index (χ4n) is 1.67. The molecule has 3 N–H and O–H groups in total. The minimum atomic E-state index is -0.471. The molecule has 1 aromatic rings. The number of aryl methyl sites for hydroxylation is 1. The Morgan fingerprint density at radius 3 is 2.68 bits per heavy atom. The summed E-state index contributed by atoms with van der Waals surface area (Å²) < 4.78 is 13.2. The monoisotopic (exact) mass is 267 g/mol. The first-order valence-corrected chi connectivity index (χ1v) is 5.90. The maximum atomic E-state index is 13.2. The number of carbonyl (C=O) groups excluding carboxylic acids is 1. The van der Waals surface area contributed by atoms with Gasteiger partial charge >= 0.3 is 0 Å². The van der Waals surface area contributed by atoms with E-state index in [-0.39, 0.29) is 29.9 Å². The number of amides is 1. The SMILES string of the molecule is Cc1ccc(F)cc1C(=O)N(CC(N)=NO)C(C)C. The predicted molar refractivity (Wildman–Crippen MR) is 70.7 cm³/mol. The summed E-state index contributed by atoms with van der Waals surface area (Å²) in [6, 6.07) is 3.88. The minimum Gasteiger partial charge on any atom is -0.409 e. The molecule has 0 saturated heterocycles. The zero-order valence-electron chi connectivity index (χ0n) is 11.2. The molecule has 0 bridgehead atoms. The standard InChI is InChI=1S/C13H18FN3O2/c1-8(2)17(7-12(15)16-19)13(18)11-6-10(14)5-4-9(11)3/h4-6,8,19H,7H2,1-3H3,(H2,15,16). The Morgan fingerprint density at radius 1 is 1.53 bits per heavy atom. The van der Waals surface area contributed by atoms with Gasteiger partial charge in [0, 0.05) is 11.6 Å². The molecule has 0 aliphatic heterocycles. The second-order valence-electron chi connectivity index (χ2n) is 4.58. The average molecular weight is 267 g/mol. The summed E-state index contributed by atoms with van der Waals surface area (Å²) in [6.45, 7) is 5.33. The number of rotatable bonds is 4. The van der Waals surface area contributed by atoms with Gasteiger partial charge in [-0.05, 0) is 38.5 Å². The summed E-state index contributed by atoms with van der Waals surface area (Å²) in [4.78, 5) is 13.8. The fraction of sp³-hybridized carbons (Fsp3) is 0.385. The van der Waals surface area contributed by atoms with Crippen LogP contribution in [0.2, 0.25) is 0 Å². The lowest BCUT2D eigenvalue weighted by Crippen LogP contribution is -2.43. The van der Waals surface area contributed by atoms with Crippen LogP contribution in [0.25, 0.3) is 0 Å². The maximum absolute atomic E-state index is 13.2. The topological polar surface area (TPSA) is 78.9 Å². The third kappa shape index (κ3) is 3.67. The number of halogens is 1. The Hall–Kier alpha value is -2.11. The number of amidine groups is 1. The summed E-state index contributed by atoms with van der Waals surface area (Å²) in [5.41, 5.74) is 6.38. The van der Waals surface area contributed by atoms with Crippen molar-refractivity contribution < 1.29 is 14.4 Å². The molecule has 0 spiro atoms. The van der Waals surface area contributed by atoms with E-state index in [0.717, 1.165) is 0 Å². The highest BCUT2D eigenvalue weighted by Crippen LogP contribution is 2.14. The van der Waals surface area contributed by atoms with Gasteiger partial charge in [-0.2, -0.15) is 0 Å². The van der Waals surface area contributed by atoms with E-state index >= 15 is 0 Å². The van der Waals surface area contributed by atoms with Crippen molar-refractivity contribution in [1.29, 1.82) is 0 Å². The van der Waals surface area contributed by atoms with Crippen molar-refractivity contribution in [3.05, 3.63) is 35.1 Å². The third-order valence-electron chi connectivity index (χ3n) is 2.78. The van der Waals surface area contributed by atoms with Gasteiger partial charge in [-0.3, -0.25) is 4.79 Å². The van der Waals surface area contributed by atoms with Crippen molar-refractivity contribution in [2.45, 2.75) is 26.8 Å². The van der Waals surface area contributed by atoms with Crippen molar-refractivity contribution >= 4 is 11.7 Å². The van der Waals surface area contributed by atoms with Crippen LogP contribution in [0.4, 0.5) is 4.39 Å². The van der Waals surface area contributed by atoms with Crippen molar-refractivity contribution in [2.75, 3.05) is 6.54 Å². The van der Waals surface area contributed by atoms with Gasteiger partial charge in [0.15, 0.2) is 5.84 Å². The van der Waals surface area contributed by atoms with Crippen LogP contribution in [0.5, 0.6) is 0 Å². The molecule has 0 atom stereocenters. The zero-order valence-corrected chi connectivity index (χ0v) is 11.2. The molecule has 1 amide bonds.